The molecule has 0 spiro atoms. The van der Waals surface area contributed by atoms with E-state index in [1.807, 2.05) is 24.0 Å². The van der Waals surface area contributed by atoms with Crippen LogP contribution < -0.4 is 15.8 Å². The smallest absolute Gasteiger partial charge is 0.355 e. The van der Waals surface area contributed by atoms with Gasteiger partial charge in [-0.25, -0.2) is 18.9 Å². The van der Waals surface area contributed by atoms with Gasteiger partial charge in [-0.1, -0.05) is 6.07 Å². The van der Waals surface area contributed by atoms with E-state index in [4.69, 9.17) is 0 Å². The molecular formula is C26H22F7N7O2. The highest BCUT2D eigenvalue weighted by Gasteiger charge is 2.39. The van der Waals surface area contributed by atoms with Crippen molar-refractivity contribution in [1.29, 1.82) is 0 Å². The average molecular weight is 597 g/mol. The quantitative estimate of drug-likeness (QED) is 0.328. The number of piperidine rings is 1. The number of halogens is 7. The lowest BCUT2D eigenvalue weighted by atomic mass is 9.95. The number of H-pyrrole nitrogens is 1. The SMILES string of the molecule is Cc1cnc2ccc(N3CCC(C(=O)NCc4ccc(C(F)(F)F)c(-c5nc(C(F)(F)F)cc(=O)[nH]5)c4F)CC3)nn12. The second-order valence-electron chi connectivity index (χ2n) is 9.78. The lowest BCUT2D eigenvalue weighted by Gasteiger charge is -2.32. The van der Waals surface area contributed by atoms with Crippen LogP contribution >= 0.6 is 0 Å². The minimum absolute atomic E-state index is 0.0528. The minimum atomic E-state index is -5.19. The first-order valence-corrected chi connectivity index (χ1v) is 12.6. The molecule has 0 atom stereocenters. The van der Waals surface area contributed by atoms with Crippen LogP contribution in [0.1, 0.15) is 35.4 Å². The molecule has 222 valence electrons. The molecule has 1 aliphatic heterocycles. The summed E-state index contributed by atoms with van der Waals surface area (Å²) in [4.78, 5) is 35.7. The molecule has 1 amide bonds. The monoisotopic (exact) mass is 597 g/mol. The fourth-order valence-corrected chi connectivity index (χ4v) is 4.79. The first-order chi connectivity index (χ1) is 19.7. The molecule has 4 aromatic rings. The summed E-state index contributed by atoms with van der Waals surface area (Å²) in [5.74, 6) is -3.05. The Balaban J connectivity index is 1.32. The number of amides is 1. The molecule has 0 radical (unpaired) electrons. The molecule has 4 heterocycles. The van der Waals surface area contributed by atoms with Crippen LogP contribution in [0.2, 0.25) is 0 Å². The van der Waals surface area contributed by atoms with Crippen molar-refractivity contribution < 1.29 is 35.5 Å². The summed E-state index contributed by atoms with van der Waals surface area (Å²) in [6.45, 7) is 2.29. The van der Waals surface area contributed by atoms with E-state index >= 15 is 4.39 Å². The molecule has 0 unspecified atom stereocenters. The fraction of sp³-hybridized carbons (Fsp3) is 0.346. The summed E-state index contributed by atoms with van der Waals surface area (Å²) >= 11 is 0. The molecule has 5 rings (SSSR count). The number of aryl methyl sites for hydroxylation is 1. The number of rotatable bonds is 5. The first kappa shape index (κ1) is 29.0. The summed E-state index contributed by atoms with van der Waals surface area (Å²) in [6.07, 6.45) is -7.81. The Kier molecular flexibility index (Phi) is 7.41. The van der Waals surface area contributed by atoms with E-state index in [-0.39, 0.29) is 6.07 Å². The minimum Gasteiger partial charge on any atom is -0.355 e. The Hall–Kier alpha value is -4.50. The predicted octanol–water partition coefficient (Wildman–Crippen LogP) is 4.50. The van der Waals surface area contributed by atoms with Gasteiger partial charge in [0.25, 0.3) is 5.56 Å². The number of carbonyl (C=O) groups excluding carboxylic acids is 1. The third-order valence-electron chi connectivity index (χ3n) is 6.96. The molecule has 42 heavy (non-hydrogen) atoms. The molecule has 0 bridgehead atoms. The number of hydrogen-bond acceptors (Lipinski definition) is 6. The number of benzene rings is 1. The number of nitrogens with one attached hydrogen (secondary N) is 2. The van der Waals surface area contributed by atoms with Gasteiger partial charge in [0, 0.05) is 37.2 Å². The zero-order valence-electron chi connectivity index (χ0n) is 21.8. The van der Waals surface area contributed by atoms with Crippen molar-refractivity contribution in [3.63, 3.8) is 0 Å². The molecule has 1 aromatic carbocycles. The van der Waals surface area contributed by atoms with Crippen LogP contribution in [0, 0.1) is 18.7 Å². The van der Waals surface area contributed by atoms with Crippen LogP contribution in [0.15, 0.2) is 41.3 Å². The Bertz CT molecular complexity index is 1700. The number of nitrogens with zero attached hydrogens (tertiary/aromatic N) is 5. The van der Waals surface area contributed by atoms with Crippen molar-refractivity contribution in [3.8, 4) is 11.4 Å². The van der Waals surface area contributed by atoms with Crippen LogP contribution in [0.25, 0.3) is 17.0 Å². The molecule has 16 heteroatoms. The van der Waals surface area contributed by atoms with Gasteiger partial charge < -0.3 is 15.2 Å². The van der Waals surface area contributed by atoms with E-state index < -0.39 is 70.3 Å². The van der Waals surface area contributed by atoms with Gasteiger partial charge in [0.2, 0.25) is 5.91 Å². The van der Waals surface area contributed by atoms with Crippen LogP contribution in [-0.2, 0) is 23.7 Å². The molecule has 0 aliphatic carbocycles. The lowest BCUT2D eigenvalue weighted by molar-refractivity contribution is -0.141. The van der Waals surface area contributed by atoms with E-state index in [0.717, 1.165) is 11.8 Å². The van der Waals surface area contributed by atoms with E-state index in [1.165, 1.54) is 0 Å². The Morgan fingerprint density at radius 1 is 1.07 bits per heavy atom. The largest absolute Gasteiger partial charge is 0.433 e. The molecular weight excluding hydrogens is 575 g/mol. The van der Waals surface area contributed by atoms with Crippen molar-refractivity contribution in [2.75, 3.05) is 18.0 Å². The molecule has 0 saturated carbocycles. The maximum Gasteiger partial charge on any atom is 0.433 e. The van der Waals surface area contributed by atoms with E-state index in [9.17, 15) is 35.9 Å². The Morgan fingerprint density at radius 3 is 2.45 bits per heavy atom. The van der Waals surface area contributed by atoms with Gasteiger partial charge in [-0.2, -0.15) is 26.3 Å². The zero-order chi connectivity index (χ0) is 30.4. The molecule has 1 fully saturated rings. The maximum absolute atomic E-state index is 15.4. The van der Waals surface area contributed by atoms with Crippen molar-refractivity contribution in [1.82, 2.24) is 29.9 Å². The number of carbonyl (C=O) groups is 1. The topological polar surface area (TPSA) is 108 Å². The molecule has 1 saturated heterocycles. The lowest BCUT2D eigenvalue weighted by Crippen LogP contribution is -2.41. The molecule has 9 nitrogen and oxygen atoms in total. The normalized spacial score (nSPS) is 14.9. The van der Waals surface area contributed by atoms with Gasteiger partial charge >= 0.3 is 12.4 Å². The third-order valence-corrected chi connectivity index (χ3v) is 6.96. The Morgan fingerprint density at radius 2 is 1.79 bits per heavy atom. The summed E-state index contributed by atoms with van der Waals surface area (Å²) in [5, 5.41) is 7.06. The number of imidazole rings is 1. The van der Waals surface area contributed by atoms with Gasteiger partial charge in [-0.05, 0) is 38.0 Å². The van der Waals surface area contributed by atoms with Crippen molar-refractivity contribution in [2.45, 2.75) is 38.7 Å². The van der Waals surface area contributed by atoms with Crippen LogP contribution in [0.5, 0.6) is 0 Å². The van der Waals surface area contributed by atoms with E-state index in [2.05, 4.69) is 20.4 Å². The van der Waals surface area contributed by atoms with Gasteiger partial charge in [0.05, 0.1) is 23.0 Å². The number of anilines is 1. The maximum atomic E-state index is 15.4. The highest BCUT2D eigenvalue weighted by Crippen LogP contribution is 2.39. The summed E-state index contributed by atoms with van der Waals surface area (Å²) < 4.78 is 97.7. The number of fused-ring (bicyclic) bond motifs is 1. The van der Waals surface area contributed by atoms with Crippen LogP contribution in [0.4, 0.5) is 36.6 Å². The second-order valence-corrected chi connectivity index (χ2v) is 9.78. The number of aromatic amines is 1. The highest BCUT2D eigenvalue weighted by molar-refractivity contribution is 5.79. The van der Waals surface area contributed by atoms with E-state index in [0.29, 0.717) is 43.5 Å². The highest BCUT2D eigenvalue weighted by atomic mass is 19.4. The molecule has 2 N–H and O–H groups in total. The second kappa shape index (κ2) is 10.7. The third kappa shape index (κ3) is 5.78. The first-order valence-electron chi connectivity index (χ1n) is 12.6. The van der Waals surface area contributed by atoms with Gasteiger partial charge in [0.1, 0.15) is 17.5 Å². The van der Waals surface area contributed by atoms with Gasteiger partial charge in [-0.3, -0.25) is 9.59 Å². The zero-order valence-corrected chi connectivity index (χ0v) is 21.8. The van der Waals surface area contributed by atoms with Crippen LogP contribution in [-0.4, -0.2) is 43.6 Å². The standard InChI is InChI=1S/C26H22F7N7O2/c1-13-11-34-18-4-5-19(38-40(13)18)39-8-6-14(7-9-39)24(42)35-12-15-2-3-16(25(28,29)30)21(22(15)27)23-36-17(26(31,32)33)10-20(41)37-23/h2-5,10-11,14H,6-9,12H2,1H3,(H,35,42)(H,36,37,41). The predicted molar refractivity (Wildman–Crippen MR) is 135 cm³/mol. The number of alkyl halides is 6. The van der Waals surface area contributed by atoms with Crippen molar-refractivity contribution in [3.05, 3.63) is 75.2 Å². The number of aromatic nitrogens is 5. The molecule has 1 aliphatic rings. The summed E-state index contributed by atoms with van der Waals surface area (Å²) in [7, 11) is 0. The summed E-state index contributed by atoms with van der Waals surface area (Å²) in [6, 6.07) is 4.93. The Labute approximate surface area is 232 Å². The molecule has 3 aromatic heterocycles. The van der Waals surface area contributed by atoms with Crippen molar-refractivity contribution >= 4 is 17.4 Å². The van der Waals surface area contributed by atoms with Gasteiger partial charge in [-0.15, -0.1) is 5.10 Å². The summed E-state index contributed by atoms with van der Waals surface area (Å²) in [5.41, 5.74) is -5.08. The number of hydrogen-bond donors (Lipinski definition) is 2. The van der Waals surface area contributed by atoms with Crippen molar-refractivity contribution in [2.24, 2.45) is 5.92 Å². The van der Waals surface area contributed by atoms with Gasteiger partial charge in [0.15, 0.2) is 11.3 Å². The van der Waals surface area contributed by atoms with Crippen LogP contribution in [0.3, 0.4) is 0 Å². The van der Waals surface area contributed by atoms with E-state index in [1.54, 1.807) is 15.7 Å². The fourth-order valence-electron chi connectivity index (χ4n) is 4.79. The average Bonchev–Trinajstić information content (AvgIpc) is 3.30.